The minimum atomic E-state index is 0.488. The van der Waals surface area contributed by atoms with Gasteiger partial charge in [0.05, 0.1) is 10.9 Å². The smallest absolute Gasteiger partial charge is 0.228 e. The normalized spacial score (nSPS) is 17.9. The summed E-state index contributed by atoms with van der Waals surface area (Å²) in [5, 5.41) is 6.02. The van der Waals surface area contributed by atoms with Gasteiger partial charge in [-0.3, -0.25) is 0 Å². The third kappa shape index (κ3) is 2.64. The number of aromatic nitrogens is 1. The summed E-state index contributed by atoms with van der Waals surface area (Å²) >= 11 is 1.82. The molecule has 4 aromatic rings. The van der Waals surface area contributed by atoms with Crippen LogP contribution in [0, 0.1) is 12.3 Å². The van der Waals surface area contributed by atoms with Gasteiger partial charge in [0.15, 0.2) is 6.20 Å². The summed E-state index contributed by atoms with van der Waals surface area (Å²) in [4.78, 5) is 0. The number of nitrogens with zero attached hydrogens (tertiary/aromatic N) is 1. The Balaban J connectivity index is 1.57. The van der Waals surface area contributed by atoms with Crippen LogP contribution in [0.4, 0.5) is 0 Å². The molecule has 0 amide bonds. The van der Waals surface area contributed by atoms with Crippen LogP contribution in [-0.2, 0) is 7.05 Å². The average molecular weight is 415 g/mol. The van der Waals surface area contributed by atoms with E-state index in [0.29, 0.717) is 11.3 Å². The van der Waals surface area contributed by atoms with Gasteiger partial charge in [-0.1, -0.05) is 19.9 Å². The fourth-order valence-corrected chi connectivity index (χ4v) is 6.47. The quantitative estimate of drug-likeness (QED) is 0.257. The van der Waals surface area contributed by atoms with E-state index >= 15 is 0 Å². The third-order valence-corrected chi connectivity index (χ3v) is 8.48. The van der Waals surface area contributed by atoms with Crippen molar-refractivity contribution in [3.63, 3.8) is 0 Å². The molecule has 0 N–H and O–H groups in total. The van der Waals surface area contributed by atoms with E-state index in [2.05, 4.69) is 74.3 Å². The van der Waals surface area contributed by atoms with Gasteiger partial charge in [0.2, 0.25) is 5.69 Å². The van der Waals surface area contributed by atoms with Gasteiger partial charge >= 0.3 is 0 Å². The monoisotopic (exact) mass is 414 g/mol. The SMILES string of the molecule is Cc1c2c(cc3ccsc13)Oc1cc(C3CCC(C)(C)CC3)cc3cc[n+](C)c-2c13. The van der Waals surface area contributed by atoms with Crippen molar-refractivity contribution in [2.75, 3.05) is 0 Å². The molecule has 6 rings (SSSR count). The van der Waals surface area contributed by atoms with Gasteiger partial charge in [-0.25, -0.2) is 4.57 Å². The van der Waals surface area contributed by atoms with E-state index in [1.54, 1.807) is 0 Å². The van der Waals surface area contributed by atoms with Gasteiger partial charge in [-0.05, 0) is 89.4 Å². The highest BCUT2D eigenvalue weighted by Crippen LogP contribution is 2.51. The Kier molecular flexibility index (Phi) is 3.86. The first-order valence-electron chi connectivity index (χ1n) is 11.1. The lowest BCUT2D eigenvalue weighted by atomic mass is 9.71. The lowest BCUT2D eigenvalue weighted by molar-refractivity contribution is -0.659. The molecule has 30 heavy (non-hydrogen) atoms. The molecule has 0 radical (unpaired) electrons. The first-order chi connectivity index (χ1) is 14.4. The van der Waals surface area contributed by atoms with Gasteiger partial charge in [0, 0.05) is 10.8 Å². The summed E-state index contributed by atoms with van der Waals surface area (Å²) in [5.74, 6) is 2.66. The maximum absolute atomic E-state index is 6.63. The number of rotatable bonds is 1. The molecule has 2 aromatic heterocycles. The molecule has 3 heteroatoms. The lowest BCUT2D eigenvalue weighted by Crippen LogP contribution is -2.31. The topological polar surface area (TPSA) is 13.1 Å². The Bertz CT molecular complexity index is 1320. The fraction of sp³-hybridized carbons (Fsp3) is 0.370. The highest BCUT2D eigenvalue weighted by Gasteiger charge is 2.33. The molecule has 2 nitrogen and oxygen atoms in total. The number of aryl methyl sites for hydroxylation is 2. The van der Waals surface area contributed by atoms with Crippen molar-refractivity contribution in [3.8, 4) is 22.8 Å². The first-order valence-corrected chi connectivity index (χ1v) is 11.9. The molecule has 1 aliphatic carbocycles. The van der Waals surface area contributed by atoms with E-state index in [0.717, 1.165) is 11.5 Å². The van der Waals surface area contributed by atoms with E-state index in [-0.39, 0.29) is 0 Å². The number of ether oxygens (including phenoxy) is 1. The maximum atomic E-state index is 6.63. The van der Waals surface area contributed by atoms with Crippen LogP contribution in [0.2, 0.25) is 0 Å². The highest BCUT2D eigenvalue weighted by molar-refractivity contribution is 7.17. The first kappa shape index (κ1) is 18.4. The van der Waals surface area contributed by atoms with Gasteiger partial charge in [-0.15, -0.1) is 11.3 Å². The number of thiophene rings is 1. The molecule has 0 spiro atoms. The van der Waals surface area contributed by atoms with Gasteiger partial charge < -0.3 is 4.74 Å². The molecular formula is C27H28NOS+. The Labute approximate surface area is 182 Å². The molecule has 152 valence electrons. The van der Waals surface area contributed by atoms with Crippen molar-refractivity contribution in [2.45, 2.75) is 52.4 Å². The van der Waals surface area contributed by atoms with Gasteiger partial charge in [0.25, 0.3) is 0 Å². The van der Waals surface area contributed by atoms with E-state index in [1.807, 2.05) is 11.3 Å². The summed E-state index contributed by atoms with van der Waals surface area (Å²) in [6.45, 7) is 7.06. The zero-order valence-electron chi connectivity index (χ0n) is 18.2. The maximum Gasteiger partial charge on any atom is 0.228 e. The van der Waals surface area contributed by atoms with E-state index in [9.17, 15) is 0 Å². The Morgan fingerprint density at radius 1 is 1.03 bits per heavy atom. The summed E-state index contributed by atoms with van der Waals surface area (Å²) in [5.41, 5.74) is 5.79. The third-order valence-electron chi connectivity index (χ3n) is 7.43. The van der Waals surface area contributed by atoms with Crippen molar-refractivity contribution in [3.05, 3.63) is 53.0 Å². The van der Waals surface area contributed by atoms with Crippen LogP contribution in [0.3, 0.4) is 0 Å². The minimum Gasteiger partial charge on any atom is -0.456 e. The van der Waals surface area contributed by atoms with Crippen LogP contribution in [0.1, 0.15) is 56.6 Å². The fourth-order valence-electron chi connectivity index (χ4n) is 5.58. The average Bonchev–Trinajstić information content (AvgIpc) is 3.18. The minimum absolute atomic E-state index is 0.488. The summed E-state index contributed by atoms with van der Waals surface area (Å²) < 4.78 is 10.3. The Hall–Kier alpha value is -2.39. The summed E-state index contributed by atoms with van der Waals surface area (Å²) in [6.07, 6.45) is 7.37. The second-order valence-corrected chi connectivity index (χ2v) is 10.9. The zero-order chi connectivity index (χ0) is 20.6. The van der Waals surface area contributed by atoms with Crippen LogP contribution < -0.4 is 9.30 Å². The van der Waals surface area contributed by atoms with Crippen LogP contribution in [-0.4, -0.2) is 0 Å². The second kappa shape index (κ2) is 6.31. The van der Waals surface area contributed by atoms with Crippen LogP contribution >= 0.6 is 11.3 Å². The number of benzene rings is 2. The van der Waals surface area contributed by atoms with Crippen molar-refractivity contribution >= 4 is 32.2 Å². The van der Waals surface area contributed by atoms with E-state index < -0.39 is 0 Å². The molecule has 0 atom stereocenters. The molecule has 2 aromatic carbocycles. The largest absolute Gasteiger partial charge is 0.456 e. The van der Waals surface area contributed by atoms with Crippen LogP contribution in [0.5, 0.6) is 11.5 Å². The predicted molar refractivity (Wildman–Crippen MR) is 126 cm³/mol. The summed E-state index contributed by atoms with van der Waals surface area (Å²) in [6, 6.07) is 11.5. The highest BCUT2D eigenvalue weighted by atomic mass is 32.1. The number of hydrogen-bond acceptors (Lipinski definition) is 2. The van der Waals surface area contributed by atoms with Crippen molar-refractivity contribution in [1.82, 2.24) is 0 Å². The van der Waals surface area contributed by atoms with Gasteiger partial charge in [0.1, 0.15) is 18.5 Å². The van der Waals surface area contributed by atoms with Crippen molar-refractivity contribution in [1.29, 1.82) is 0 Å². The molecule has 1 fully saturated rings. The second-order valence-electron chi connectivity index (χ2n) is 10.0. The lowest BCUT2D eigenvalue weighted by Gasteiger charge is -2.35. The van der Waals surface area contributed by atoms with Crippen LogP contribution in [0.15, 0.2) is 41.9 Å². The van der Waals surface area contributed by atoms with Crippen molar-refractivity contribution < 1.29 is 9.30 Å². The van der Waals surface area contributed by atoms with Gasteiger partial charge in [-0.2, -0.15) is 0 Å². The van der Waals surface area contributed by atoms with Crippen molar-refractivity contribution in [2.24, 2.45) is 12.5 Å². The Morgan fingerprint density at radius 3 is 2.63 bits per heavy atom. The standard InChI is InChI=1S/C27H28NOS/c1-16-23-21(14-19-8-12-30-26(16)19)29-22-15-20(17-5-9-27(2,3)10-6-17)13-18-7-11-28(4)25(23)24(18)22/h7-8,11-15,17H,5-6,9-10H2,1-4H3/q+1. The molecule has 2 aliphatic rings. The van der Waals surface area contributed by atoms with E-state index in [1.165, 1.54) is 68.9 Å². The molecule has 1 aliphatic heterocycles. The molecule has 0 unspecified atom stereocenters. The number of fused-ring (bicyclic) bond motifs is 3. The van der Waals surface area contributed by atoms with Crippen LogP contribution in [0.25, 0.3) is 32.1 Å². The Morgan fingerprint density at radius 2 is 1.83 bits per heavy atom. The van der Waals surface area contributed by atoms with E-state index in [4.69, 9.17) is 4.74 Å². The molecular weight excluding hydrogens is 386 g/mol. The molecule has 1 saturated carbocycles. The molecule has 3 heterocycles. The summed E-state index contributed by atoms with van der Waals surface area (Å²) in [7, 11) is 2.16. The molecule has 0 bridgehead atoms. The molecule has 0 saturated heterocycles. The number of hydrogen-bond donors (Lipinski definition) is 0. The predicted octanol–water partition coefficient (Wildman–Crippen LogP) is 7.64. The zero-order valence-corrected chi connectivity index (χ0v) is 19.0. The number of pyridine rings is 1.